The van der Waals surface area contributed by atoms with E-state index in [2.05, 4.69) is 10.3 Å². The molecular weight excluding hydrogens is 230 g/mol. The van der Waals surface area contributed by atoms with Crippen LogP contribution in [-0.4, -0.2) is 30.6 Å². The Morgan fingerprint density at radius 1 is 1.50 bits per heavy atom. The molecule has 1 aliphatic carbocycles. The number of amides is 1. The molecule has 98 valence electrons. The summed E-state index contributed by atoms with van der Waals surface area (Å²) >= 11 is 0. The summed E-state index contributed by atoms with van der Waals surface area (Å²) in [5, 5.41) is 2.79. The summed E-state index contributed by atoms with van der Waals surface area (Å²) in [5.41, 5.74) is 5.87. The second-order valence-corrected chi connectivity index (χ2v) is 4.58. The van der Waals surface area contributed by atoms with Crippen molar-refractivity contribution < 1.29 is 9.53 Å². The van der Waals surface area contributed by atoms with Crippen LogP contribution in [-0.2, 0) is 4.74 Å². The van der Waals surface area contributed by atoms with Crippen LogP contribution in [0.25, 0.3) is 0 Å². The van der Waals surface area contributed by atoms with Gasteiger partial charge < -0.3 is 15.8 Å². The van der Waals surface area contributed by atoms with E-state index in [4.69, 9.17) is 10.5 Å². The molecule has 3 N–H and O–H groups in total. The van der Waals surface area contributed by atoms with E-state index in [0.717, 1.165) is 18.9 Å². The Morgan fingerprint density at radius 2 is 2.33 bits per heavy atom. The van der Waals surface area contributed by atoms with Crippen LogP contribution >= 0.6 is 0 Å². The van der Waals surface area contributed by atoms with Crippen LogP contribution in [0.1, 0.15) is 29.8 Å². The second kappa shape index (κ2) is 6.35. The summed E-state index contributed by atoms with van der Waals surface area (Å²) in [6.45, 7) is 2.16. The fraction of sp³-hybridized carbons (Fsp3) is 0.538. The highest BCUT2D eigenvalue weighted by Crippen LogP contribution is 2.28. The van der Waals surface area contributed by atoms with Crippen molar-refractivity contribution in [2.24, 2.45) is 5.92 Å². The first kappa shape index (κ1) is 12.8. The molecule has 1 aliphatic rings. The number of rotatable bonds is 7. The molecule has 0 radical (unpaired) electrons. The molecule has 0 atom stereocenters. The lowest BCUT2D eigenvalue weighted by Gasteiger charge is -2.05. The number of hydrogen-bond donors (Lipinski definition) is 2. The summed E-state index contributed by atoms with van der Waals surface area (Å²) in [5.74, 6) is 0.955. The number of pyridine rings is 1. The molecule has 18 heavy (non-hydrogen) atoms. The lowest BCUT2D eigenvalue weighted by Crippen LogP contribution is -2.26. The van der Waals surface area contributed by atoms with Crippen molar-refractivity contribution in [3.63, 3.8) is 0 Å². The maximum atomic E-state index is 11.7. The molecule has 0 unspecified atom stereocenters. The zero-order chi connectivity index (χ0) is 12.8. The highest BCUT2D eigenvalue weighted by Gasteiger charge is 2.20. The predicted molar refractivity (Wildman–Crippen MR) is 69.1 cm³/mol. The number of aromatic nitrogens is 1. The van der Waals surface area contributed by atoms with E-state index in [1.807, 2.05) is 0 Å². The van der Waals surface area contributed by atoms with E-state index in [-0.39, 0.29) is 5.91 Å². The van der Waals surface area contributed by atoms with Crippen LogP contribution in [0.3, 0.4) is 0 Å². The summed E-state index contributed by atoms with van der Waals surface area (Å²) in [7, 11) is 0. The molecule has 0 aliphatic heterocycles. The maximum absolute atomic E-state index is 11.7. The number of carbonyl (C=O) groups is 1. The molecule has 0 saturated heterocycles. The minimum absolute atomic E-state index is 0.190. The minimum atomic E-state index is -0.190. The van der Waals surface area contributed by atoms with Gasteiger partial charge in [0.2, 0.25) is 0 Å². The third-order valence-electron chi connectivity index (χ3n) is 2.80. The fourth-order valence-corrected chi connectivity index (χ4v) is 1.58. The first-order valence-electron chi connectivity index (χ1n) is 6.34. The van der Waals surface area contributed by atoms with Crippen molar-refractivity contribution in [2.45, 2.75) is 19.3 Å². The number of ether oxygens (including phenoxy) is 1. The van der Waals surface area contributed by atoms with Gasteiger partial charge in [0.25, 0.3) is 5.91 Å². The van der Waals surface area contributed by atoms with Gasteiger partial charge in [0.1, 0.15) is 11.5 Å². The average molecular weight is 249 g/mol. The number of nitrogens with one attached hydrogen (secondary N) is 1. The topological polar surface area (TPSA) is 77.2 Å². The number of anilines is 1. The van der Waals surface area contributed by atoms with Gasteiger partial charge in [-0.3, -0.25) is 4.79 Å². The first-order chi connectivity index (χ1) is 8.75. The molecule has 1 aromatic heterocycles. The number of hydrogen-bond acceptors (Lipinski definition) is 4. The van der Waals surface area contributed by atoms with E-state index in [0.29, 0.717) is 24.7 Å². The van der Waals surface area contributed by atoms with Crippen LogP contribution in [0.4, 0.5) is 5.82 Å². The average Bonchev–Trinajstić information content (AvgIpc) is 3.17. The van der Waals surface area contributed by atoms with Gasteiger partial charge in [-0.25, -0.2) is 4.98 Å². The molecule has 0 spiro atoms. The van der Waals surface area contributed by atoms with Crippen molar-refractivity contribution in [1.82, 2.24) is 10.3 Å². The summed E-state index contributed by atoms with van der Waals surface area (Å²) < 4.78 is 5.48. The molecule has 0 aromatic carbocycles. The summed E-state index contributed by atoms with van der Waals surface area (Å²) in [6.07, 6.45) is 3.43. The Balaban J connectivity index is 1.59. The molecule has 2 rings (SSSR count). The fourth-order valence-electron chi connectivity index (χ4n) is 1.58. The number of nitrogens with zero attached hydrogens (tertiary/aromatic N) is 1. The molecular formula is C13H19N3O2. The summed E-state index contributed by atoms with van der Waals surface area (Å²) in [4.78, 5) is 15.6. The normalized spacial score (nSPS) is 14.4. The Labute approximate surface area is 107 Å². The second-order valence-electron chi connectivity index (χ2n) is 4.58. The van der Waals surface area contributed by atoms with E-state index in [1.165, 1.54) is 12.8 Å². The Hall–Kier alpha value is -1.62. The lowest BCUT2D eigenvalue weighted by atomic mass is 10.3. The smallest absolute Gasteiger partial charge is 0.269 e. The maximum Gasteiger partial charge on any atom is 0.269 e. The molecule has 1 amide bonds. The van der Waals surface area contributed by atoms with Crippen LogP contribution in [0.5, 0.6) is 0 Å². The number of carbonyl (C=O) groups excluding carboxylic acids is 1. The minimum Gasteiger partial charge on any atom is -0.384 e. The van der Waals surface area contributed by atoms with Crippen molar-refractivity contribution in [1.29, 1.82) is 0 Å². The SMILES string of the molecule is Nc1cccc(C(=O)NCCCOCC2CC2)n1. The zero-order valence-corrected chi connectivity index (χ0v) is 10.4. The quantitative estimate of drug-likeness (QED) is 0.712. The standard InChI is InChI=1S/C13H19N3O2/c14-12-4-1-3-11(16-12)13(17)15-7-2-8-18-9-10-5-6-10/h1,3-4,10H,2,5-9H2,(H2,14,16)(H,15,17). The first-order valence-corrected chi connectivity index (χ1v) is 6.34. The van der Waals surface area contributed by atoms with Gasteiger partial charge in [-0.2, -0.15) is 0 Å². The van der Waals surface area contributed by atoms with E-state index < -0.39 is 0 Å². The van der Waals surface area contributed by atoms with Crippen molar-refractivity contribution in [2.75, 3.05) is 25.5 Å². The van der Waals surface area contributed by atoms with Crippen LogP contribution in [0, 0.1) is 5.92 Å². The molecule has 1 heterocycles. The molecule has 1 saturated carbocycles. The van der Waals surface area contributed by atoms with Gasteiger partial charge in [0.15, 0.2) is 0 Å². The van der Waals surface area contributed by atoms with Gasteiger partial charge >= 0.3 is 0 Å². The van der Waals surface area contributed by atoms with Crippen LogP contribution < -0.4 is 11.1 Å². The van der Waals surface area contributed by atoms with Gasteiger partial charge in [-0.15, -0.1) is 0 Å². The molecule has 0 bridgehead atoms. The lowest BCUT2D eigenvalue weighted by molar-refractivity contribution is 0.0932. The van der Waals surface area contributed by atoms with E-state index in [9.17, 15) is 4.79 Å². The van der Waals surface area contributed by atoms with Gasteiger partial charge in [0.05, 0.1) is 0 Å². The number of nitrogens with two attached hydrogens (primary N) is 1. The Bertz CT molecular complexity index is 405. The highest BCUT2D eigenvalue weighted by atomic mass is 16.5. The largest absolute Gasteiger partial charge is 0.384 e. The van der Waals surface area contributed by atoms with Gasteiger partial charge in [0, 0.05) is 19.8 Å². The number of nitrogen functional groups attached to an aromatic ring is 1. The third kappa shape index (κ3) is 4.33. The van der Waals surface area contributed by atoms with Gasteiger partial charge in [-0.05, 0) is 37.3 Å². The van der Waals surface area contributed by atoms with Crippen LogP contribution in [0.2, 0.25) is 0 Å². The van der Waals surface area contributed by atoms with Crippen molar-refractivity contribution in [3.8, 4) is 0 Å². The highest BCUT2D eigenvalue weighted by molar-refractivity contribution is 5.92. The van der Waals surface area contributed by atoms with E-state index >= 15 is 0 Å². The third-order valence-corrected chi connectivity index (χ3v) is 2.80. The van der Waals surface area contributed by atoms with Crippen LogP contribution in [0.15, 0.2) is 18.2 Å². The zero-order valence-electron chi connectivity index (χ0n) is 10.4. The van der Waals surface area contributed by atoms with Gasteiger partial charge in [-0.1, -0.05) is 6.07 Å². The Kier molecular flexibility index (Phi) is 4.52. The Morgan fingerprint density at radius 3 is 3.06 bits per heavy atom. The predicted octanol–water partition coefficient (Wildman–Crippen LogP) is 1.21. The van der Waals surface area contributed by atoms with E-state index in [1.54, 1.807) is 18.2 Å². The molecule has 5 nitrogen and oxygen atoms in total. The molecule has 1 fully saturated rings. The van der Waals surface area contributed by atoms with Crippen molar-refractivity contribution >= 4 is 11.7 Å². The monoisotopic (exact) mass is 249 g/mol. The van der Waals surface area contributed by atoms with Crippen molar-refractivity contribution in [3.05, 3.63) is 23.9 Å². The molecule has 1 aromatic rings. The summed E-state index contributed by atoms with van der Waals surface area (Å²) in [6, 6.07) is 5.02. The molecule has 5 heteroatoms.